The molecule has 1 aromatic carbocycles. The molecule has 200 valence electrons. The van der Waals surface area contributed by atoms with Crippen molar-refractivity contribution in [2.24, 2.45) is 7.05 Å². The van der Waals surface area contributed by atoms with Gasteiger partial charge < -0.3 is 10.1 Å². The fraction of sp³-hybridized carbons (Fsp3) is 0.346. The van der Waals surface area contributed by atoms with Gasteiger partial charge in [-0.3, -0.25) is 14.4 Å². The molecule has 2 N–H and O–H groups in total. The van der Waals surface area contributed by atoms with Crippen molar-refractivity contribution in [3.05, 3.63) is 63.4 Å². The molecule has 0 atom stereocenters. The fourth-order valence-electron chi connectivity index (χ4n) is 4.64. The number of aromatic hydroxyl groups is 1. The molecule has 1 fully saturated rings. The topological polar surface area (TPSA) is 124 Å². The maximum atomic E-state index is 13.4. The van der Waals surface area contributed by atoms with Crippen LogP contribution in [0.25, 0.3) is 27.8 Å². The summed E-state index contributed by atoms with van der Waals surface area (Å²) in [4.78, 5) is 22.3. The maximum absolute atomic E-state index is 13.4. The summed E-state index contributed by atoms with van der Waals surface area (Å²) in [5.41, 5.74) is 2.23. The molecule has 4 heterocycles. The van der Waals surface area contributed by atoms with Gasteiger partial charge in [0.15, 0.2) is 17.1 Å². The van der Waals surface area contributed by atoms with Gasteiger partial charge in [-0.1, -0.05) is 55.8 Å². The molecule has 12 heteroatoms. The molecule has 1 aliphatic heterocycles. The quantitative estimate of drug-likeness (QED) is 0.343. The first kappa shape index (κ1) is 26.3. The number of thiophene rings is 1. The van der Waals surface area contributed by atoms with Gasteiger partial charge >= 0.3 is 0 Å². The number of sulfonamides is 1. The van der Waals surface area contributed by atoms with Crippen molar-refractivity contribution in [3.63, 3.8) is 0 Å². The Hall–Kier alpha value is -3.32. The van der Waals surface area contributed by atoms with Gasteiger partial charge in [-0.25, -0.2) is 13.4 Å². The Bertz CT molecular complexity index is 1630. The minimum Gasteiger partial charge on any atom is -0.505 e. The van der Waals surface area contributed by atoms with E-state index in [9.17, 15) is 18.3 Å². The highest BCUT2D eigenvalue weighted by molar-refractivity contribution is 7.89. The monoisotopic (exact) mass is 554 g/mol. The number of benzene rings is 1. The lowest BCUT2D eigenvalue weighted by Gasteiger charge is -2.33. The van der Waals surface area contributed by atoms with E-state index in [1.165, 1.54) is 14.4 Å². The number of rotatable bonds is 8. The Morgan fingerprint density at radius 1 is 1.16 bits per heavy atom. The molecular formula is C26H30N6O4S2. The summed E-state index contributed by atoms with van der Waals surface area (Å²) in [7, 11) is -2.23. The SMILES string of the molecule is CCCc1nn(C)c2c(=O)[nH]c(-c3scc(S(=O)(=O)N4CCN(C/C=C/c5ccccc5)CC4)c3O)nc12. The van der Waals surface area contributed by atoms with Crippen LogP contribution < -0.4 is 5.56 Å². The summed E-state index contributed by atoms with van der Waals surface area (Å²) >= 11 is 1.04. The van der Waals surface area contributed by atoms with Gasteiger partial charge in [-0.05, 0) is 12.0 Å². The third-order valence-electron chi connectivity index (χ3n) is 6.62. The highest BCUT2D eigenvalue weighted by atomic mass is 32.2. The van der Waals surface area contributed by atoms with Gasteiger partial charge in [0.2, 0.25) is 10.0 Å². The molecule has 10 nitrogen and oxygen atoms in total. The van der Waals surface area contributed by atoms with E-state index in [2.05, 4.69) is 32.1 Å². The molecule has 1 aliphatic rings. The standard InChI is InChI=1S/C26H30N6O4S2/c1-3-8-19-21-22(30(2)29-19)26(34)28-25(27-21)24-23(33)20(17-37-24)38(35,36)32-15-13-31(14-16-32)12-7-11-18-9-5-4-6-10-18/h4-7,9-11,17,33H,3,8,12-16H2,1-2H3,(H,27,28,34)/b11-7+. The zero-order chi connectivity index (χ0) is 26.9. The lowest BCUT2D eigenvalue weighted by Crippen LogP contribution is -2.48. The summed E-state index contributed by atoms with van der Waals surface area (Å²) < 4.78 is 29.7. The van der Waals surface area contributed by atoms with Crippen molar-refractivity contribution >= 4 is 38.5 Å². The molecule has 0 unspecified atom stereocenters. The molecule has 0 amide bonds. The van der Waals surface area contributed by atoms with Gasteiger partial charge in [0, 0.05) is 45.2 Å². The highest BCUT2D eigenvalue weighted by Gasteiger charge is 2.33. The first-order valence-corrected chi connectivity index (χ1v) is 14.8. The fourth-order valence-corrected chi connectivity index (χ4v) is 7.37. The van der Waals surface area contributed by atoms with E-state index in [0.29, 0.717) is 49.3 Å². The van der Waals surface area contributed by atoms with E-state index in [0.717, 1.165) is 29.9 Å². The maximum Gasteiger partial charge on any atom is 0.277 e. The van der Waals surface area contributed by atoms with Crippen molar-refractivity contribution in [2.75, 3.05) is 32.7 Å². The third kappa shape index (κ3) is 5.04. The number of piperazine rings is 1. The third-order valence-corrected chi connectivity index (χ3v) is 9.66. The van der Waals surface area contributed by atoms with Gasteiger partial charge in [0.25, 0.3) is 5.56 Å². The zero-order valence-corrected chi connectivity index (χ0v) is 22.9. The van der Waals surface area contributed by atoms with Crippen molar-refractivity contribution in [2.45, 2.75) is 24.7 Å². The van der Waals surface area contributed by atoms with E-state index < -0.39 is 21.3 Å². The second-order valence-electron chi connectivity index (χ2n) is 9.23. The van der Waals surface area contributed by atoms with Gasteiger partial charge in [-0.15, -0.1) is 11.3 Å². The van der Waals surface area contributed by atoms with Crippen LogP contribution in [0.4, 0.5) is 0 Å². The van der Waals surface area contributed by atoms with Crippen molar-refractivity contribution in [3.8, 4) is 16.5 Å². The normalized spacial score (nSPS) is 15.6. The number of nitrogens with one attached hydrogen (secondary N) is 1. The number of H-pyrrole nitrogens is 1. The molecule has 0 aliphatic carbocycles. The molecule has 5 rings (SSSR count). The number of aromatic nitrogens is 4. The Morgan fingerprint density at radius 2 is 1.89 bits per heavy atom. The molecule has 4 aromatic rings. The number of hydrogen-bond acceptors (Lipinski definition) is 8. The minimum atomic E-state index is -3.92. The van der Waals surface area contributed by atoms with Crippen molar-refractivity contribution < 1.29 is 13.5 Å². The minimum absolute atomic E-state index is 0.131. The predicted octanol–water partition coefficient (Wildman–Crippen LogP) is 3.06. The molecule has 0 saturated carbocycles. The summed E-state index contributed by atoms with van der Waals surface area (Å²) in [6, 6.07) is 10.0. The van der Waals surface area contributed by atoms with Gasteiger partial charge in [-0.2, -0.15) is 9.40 Å². The summed E-state index contributed by atoms with van der Waals surface area (Å²) in [6.07, 6.45) is 5.62. The van der Waals surface area contributed by atoms with E-state index >= 15 is 0 Å². The van der Waals surface area contributed by atoms with Crippen LogP contribution in [0.3, 0.4) is 0 Å². The Morgan fingerprint density at radius 3 is 2.61 bits per heavy atom. The Labute approximate surface area is 224 Å². The number of nitrogens with zero attached hydrogens (tertiary/aromatic N) is 5. The number of aromatic amines is 1. The smallest absolute Gasteiger partial charge is 0.277 e. The van der Waals surface area contributed by atoms with E-state index in [1.54, 1.807) is 7.05 Å². The summed E-state index contributed by atoms with van der Waals surface area (Å²) in [5, 5.41) is 16.8. The van der Waals surface area contributed by atoms with Crippen LogP contribution in [0.5, 0.6) is 5.75 Å². The second kappa shape index (κ2) is 10.8. The predicted molar refractivity (Wildman–Crippen MR) is 149 cm³/mol. The number of fused-ring (bicyclic) bond motifs is 1. The number of hydrogen-bond donors (Lipinski definition) is 2. The lowest BCUT2D eigenvalue weighted by molar-refractivity contribution is 0.204. The molecule has 0 radical (unpaired) electrons. The average molecular weight is 555 g/mol. The van der Waals surface area contributed by atoms with Crippen LogP contribution in [0.1, 0.15) is 24.6 Å². The Kier molecular flexibility index (Phi) is 7.48. The zero-order valence-electron chi connectivity index (χ0n) is 21.3. The highest BCUT2D eigenvalue weighted by Crippen LogP contribution is 2.40. The molecular weight excluding hydrogens is 524 g/mol. The van der Waals surface area contributed by atoms with Crippen LogP contribution in [0.2, 0.25) is 0 Å². The van der Waals surface area contributed by atoms with E-state index in [1.807, 2.05) is 37.3 Å². The van der Waals surface area contributed by atoms with Crippen LogP contribution in [-0.4, -0.2) is 75.2 Å². The van der Waals surface area contributed by atoms with Crippen molar-refractivity contribution in [1.82, 2.24) is 29.0 Å². The summed E-state index contributed by atoms with van der Waals surface area (Å²) in [6.45, 7) is 4.56. The van der Waals surface area contributed by atoms with Crippen LogP contribution in [0.15, 0.2) is 51.5 Å². The number of aryl methyl sites for hydroxylation is 2. The largest absolute Gasteiger partial charge is 0.505 e. The van der Waals surface area contributed by atoms with E-state index in [-0.39, 0.29) is 15.6 Å². The van der Waals surface area contributed by atoms with Crippen LogP contribution in [-0.2, 0) is 23.5 Å². The van der Waals surface area contributed by atoms with Crippen LogP contribution >= 0.6 is 11.3 Å². The molecule has 3 aromatic heterocycles. The molecule has 1 saturated heterocycles. The average Bonchev–Trinajstić information content (AvgIpc) is 3.45. The summed E-state index contributed by atoms with van der Waals surface area (Å²) in [5.74, 6) is -0.265. The molecule has 38 heavy (non-hydrogen) atoms. The first-order valence-electron chi connectivity index (χ1n) is 12.5. The second-order valence-corrected chi connectivity index (χ2v) is 12.0. The van der Waals surface area contributed by atoms with Gasteiger partial charge in [0.05, 0.1) is 5.69 Å². The van der Waals surface area contributed by atoms with Crippen molar-refractivity contribution in [1.29, 1.82) is 0 Å². The molecule has 0 spiro atoms. The Balaban J connectivity index is 1.33. The lowest BCUT2D eigenvalue weighted by atomic mass is 10.2. The molecule has 0 bridgehead atoms. The van der Waals surface area contributed by atoms with Crippen LogP contribution in [0, 0.1) is 0 Å². The first-order chi connectivity index (χ1) is 18.3. The van der Waals surface area contributed by atoms with E-state index in [4.69, 9.17) is 0 Å². The van der Waals surface area contributed by atoms with Gasteiger partial charge in [0.1, 0.15) is 15.3 Å².